The molecule has 1 N–H and O–H groups in total. The van der Waals surface area contributed by atoms with E-state index in [0.29, 0.717) is 0 Å². The second-order valence-corrected chi connectivity index (χ2v) is 5.05. The molecule has 0 aromatic carbocycles. The molecular weight excluding hydrogens is 228 g/mol. The van der Waals surface area contributed by atoms with E-state index in [9.17, 15) is 0 Å². The first kappa shape index (κ1) is 15.0. The summed E-state index contributed by atoms with van der Waals surface area (Å²) in [6.45, 7) is 10.4. The molecule has 1 saturated heterocycles. The third-order valence-electron chi connectivity index (χ3n) is 2.44. The van der Waals surface area contributed by atoms with E-state index in [1.807, 2.05) is 6.92 Å². The van der Waals surface area contributed by atoms with E-state index in [1.165, 1.54) is 0 Å². The molecule has 0 saturated carbocycles. The second kappa shape index (κ2) is 4.50. The lowest BCUT2D eigenvalue weighted by atomic mass is 9.90. The van der Waals surface area contributed by atoms with Gasteiger partial charge in [-0.2, -0.15) is 0 Å². The van der Waals surface area contributed by atoms with Crippen molar-refractivity contribution < 1.29 is 38.4 Å². The van der Waals surface area contributed by atoms with Gasteiger partial charge in [-0.15, -0.1) is 10.2 Å². The molecule has 0 radical (unpaired) electrons. The molecule has 0 amide bonds. The Kier molecular flexibility index (Phi) is 4.52. The molecular formula is C8H17ClO6. The zero-order valence-corrected chi connectivity index (χ0v) is 10.2. The monoisotopic (exact) mass is 244 g/mol. The summed E-state index contributed by atoms with van der Waals surface area (Å²) in [5.41, 5.74) is -0.140. The van der Waals surface area contributed by atoms with Gasteiger partial charge in [0.15, 0.2) is 5.60 Å². The Morgan fingerprint density at radius 1 is 1.07 bits per heavy atom. The van der Waals surface area contributed by atoms with Crippen LogP contribution in [-0.4, -0.2) is 22.2 Å². The van der Waals surface area contributed by atoms with E-state index in [4.69, 9.17) is 23.4 Å². The van der Waals surface area contributed by atoms with Crippen LogP contribution in [0.25, 0.3) is 0 Å². The normalized spacial score (nSPS) is 28.2. The average Bonchev–Trinajstić information content (AvgIpc) is 1.93. The van der Waals surface area contributed by atoms with Gasteiger partial charge in [0.2, 0.25) is 0 Å². The van der Waals surface area contributed by atoms with E-state index in [-0.39, 0.29) is 17.5 Å². The van der Waals surface area contributed by atoms with Gasteiger partial charge in [-0.25, -0.2) is 18.6 Å². The SMILES string of the molecule is CC1OC(C)(C)C(C)(C)[OH+]1.[O-][Cl+3]([O-])([O-])[O-]. The fourth-order valence-corrected chi connectivity index (χ4v) is 1.21. The summed E-state index contributed by atoms with van der Waals surface area (Å²) >= 11 is 0. The predicted octanol–water partition coefficient (Wildman–Crippen LogP) is -3.31. The Morgan fingerprint density at radius 3 is 1.47 bits per heavy atom. The molecule has 0 aliphatic carbocycles. The molecule has 6 nitrogen and oxygen atoms in total. The van der Waals surface area contributed by atoms with Gasteiger partial charge in [-0.3, -0.25) is 4.74 Å². The molecule has 1 unspecified atom stereocenters. The van der Waals surface area contributed by atoms with Crippen molar-refractivity contribution in [2.45, 2.75) is 52.1 Å². The van der Waals surface area contributed by atoms with Crippen LogP contribution in [0.15, 0.2) is 0 Å². The summed E-state index contributed by atoms with van der Waals surface area (Å²) in [7, 11) is -4.94. The maximum atomic E-state index is 8.49. The summed E-state index contributed by atoms with van der Waals surface area (Å²) in [5.74, 6) is 0. The molecule has 0 bridgehead atoms. The third kappa shape index (κ3) is 5.62. The highest BCUT2D eigenvalue weighted by molar-refractivity contribution is 4.92. The van der Waals surface area contributed by atoms with Crippen molar-refractivity contribution in [1.29, 1.82) is 0 Å². The lowest BCUT2D eigenvalue weighted by Gasteiger charge is -2.25. The van der Waals surface area contributed by atoms with Gasteiger partial charge in [-0.05, 0) is 13.8 Å². The molecule has 1 aliphatic heterocycles. The fraction of sp³-hybridized carbons (Fsp3) is 1.00. The quantitative estimate of drug-likeness (QED) is 0.414. The number of ether oxygens (including phenoxy) is 2. The first-order valence-electron chi connectivity index (χ1n) is 4.37. The van der Waals surface area contributed by atoms with Crippen molar-refractivity contribution in [2.24, 2.45) is 0 Å². The second-order valence-electron chi connectivity index (χ2n) is 4.29. The van der Waals surface area contributed by atoms with Crippen molar-refractivity contribution in [3.63, 3.8) is 0 Å². The topological polar surface area (TPSA) is 114 Å². The first-order valence-corrected chi connectivity index (χ1v) is 5.60. The first-order chi connectivity index (χ1) is 6.35. The summed E-state index contributed by atoms with van der Waals surface area (Å²) in [6.07, 6.45) is 0.0602. The molecule has 15 heavy (non-hydrogen) atoms. The number of hydrogen-bond acceptors (Lipinski definition) is 5. The van der Waals surface area contributed by atoms with Crippen molar-refractivity contribution in [3.8, 4) is 0 Å². The maximum absolute atomic E-state index is 8.49. The highest BCUT2D eigenvalue weighted by Gasteiger charge is 2.52. The summed E-state index contributed by atoms with van der Waals surface area (Å²) in [6, 6.07) is 0. The zero-order chi connectivity index (χ0) is 12.5. The van der Waals surface area contributed by atoms with Crippen LogP contribution in [0.3, 0.4) is 0 Å². The van der Waals surface area contributed by atoms with Crippen molar-refractivity contribution in [1.82, 2.24) is 0 Å². The molecule has 92 valence electrons. The molecule has 0 aromatic rings. The number of rotatable bonds is 0. The molecule has 0 spiro atoms. The number of halogens is 1. The van der Waals surface area contributed by atoms with Gasteiger partial charge in [0, 0.05) is 20.8 Å². The van der Waals surface area contributed by atoms with E-state index >= 15 is 0 Å². The smallest absolute Gasteiger partial charge is 0.262 e. The van der Waals surface area contributed by atoms with Crippen LogP contribution < -0.4 is 18.6 Å². The molecule has 1 atom stereocenters. The average molecular weight is 245 g/mol. The molecule has 0 aromatic heterocycles. The highest BCUT2D eigenvalue weighted by atomic mass is 35.7. The third-order valence-corrected chi connectivity index (χ3v) is 2.44. The van der Waals surface area contributed by atoms with Crippen LogP contribution in [0.1, 0.15) is 34.6 Å². The Morgan fingerprint density at radius 2 is 1.40 bits per heavy atom. The number of hydrogen-bond donors (Lipinski definition) is 0. The summed E-state index contributed by atoms with van der Waals surface area (Å²) < 4.78 is 44.0. The molecule has 7 heteroatoms. The van der Waals surface area contributed by atoms with Gasteiger partial charge in [0.05, 0.1) is 0 Å². The highest BCUT2D eigenvalue weighted by Crippen LogP contribution is 2.35. The van der Waals surface area contributed by atoms with Gasteiger partial charge in [-0.1, -0.05) is 0 Å². The molecule has 1 rings (SSSR count). The standard InChI is InChI=1S/C8H16O2.ClHO4/c1-6-9-7(2,3)8(4,5)10-6;2-1(3,4)5/h6H,1-5H3;(H,2,3,4,5). The Balaban J connectivity index is 0.000000336. The van der Waals surface area contributed by atoms with Gasteiger partial charge in [0.1, 0.15) is 5.60 Å². The Labute approximate surface area is 91.2 Å². The largest absolute Gasteiger partial charge is 0.404 e. The Bertz CT molecular complexity index is 188. The Hall–Kier alpha value is 0.0500. The van der Waals surface area contributed by atoms with Crippen LogP contribution >= 0.6 is 0 Å². The van der Waals surface area contributed by atoms with E-state index in [1.54, 1.807) is 0 Å². The van der Waals surface area contributed by atoms with Crippen LogP contribution in [0.4, 0.5) is 0 Å². The minimum absolute atomic E-state index is 0.0353. The lowest BCUT2D eigenvalue weighted by Crippen LogP contribution is -2.68. The van der Waals surface area contributed by atoms with Gasteiger partial charge in [0.25, 0.3) is 6.29 Å². The van der Waals surface area contributed by atoms with Gasteiger partial charge < -0.3 is 4.74 Å². The van der Waals surface area contributed by atoms with Crippen molar-refractivity contribution in [3.05, 3.63) is 0 Å². The van der Waals surface area contributed by atoms with Crippen LogP contribution in [0.5, 0.6) is 0 Å². The lowest BCUT2D eigenvalue weighted by molar-refractivity contribution is -2.00. The molecule has 1 aliphatic rings. The van der Waals surface area contributed by atoms with Crippen LogP contribution in [0.2, 0.25) is 0 Å². The van der Waals surface area contributed by atoms with Crippen molar-refractivity contribution >= 4 is 0 Å². The van der Waals surface area contributed by atoms with E-state index in [2.05, 4.69) is 32.4 Å². The predicted molar refractivity (Wildman–Crippen MR) is 40.9 cm³/mol. The van der Waals surface area contributed by atoms with E-state index < -0.39 is 10.2 Å². The molecule has 1 fully saturated rings. The summed E-state index contributed by atoms with van der Waals surface area (Å²) in [5, 5.41) is 0. The van der Waals surface area contributed by atoms with Crippen LogP contribution in [0, 0.1) is 10.2 Å². The van der Waals surface area contributed by atoms with Crippen LogP contribution in [-0.2, 0) is 4.74 Å². The maximum Gasteiger partial charge on any atom is 0.262 e. The summed E-state index contributed by atoms with van der Waals surface area (Å²) in [4.78, 5) is 0. The minimum atomic E-state index is -4.94. The number of aliphatic hydroxyl groups is 2. The van der Waals surface area contributed by atoms with Crippen molar-refractivity contribution in [2.75, 3.05) is 0 Å². The minimum Gasteiger partial charge on any atom is -0.404 e. The molecule has 1 heterocycles. The zero-order valence-electron chi connectivity index (χ0n) is 9.44. The van der Waals surface area contributed by atoms with E-state index in [0.717, 1.165) is 0 Å². The van der Waals surface area contributed by atoms with Gasteiger partial charge >= 0.3 is 0 Å². The fourth-order valence-electron chi connectivity index (χ4n) is 1.21.